The molecule has 0 unspecified atom stereocenters. The second-order valence-corrected chi connectivity index (χ2v) is 4.53. The van der Waals surface area contributed by atoms with Crippen LogP contribution < -0.4 is 9.64 Å². The molecule has 0 spiro atoms. The average Bonchev–Trinajstić information content (AvgIpc) is 2.50. The first-order chi connectivity index (χ1) is 9.58. The third-order valence-electron chi connectivity index (χ3n) is 3.41. The lowest BCUT2D eigenvalue weighted by atomic mass is 9.92. The zero-order chi connectivity index (χ0) is 14.7. The number of ether oxygens (including phenoxy) is 2. The van der Waals surface area contributed by atoms with E-state index in [0.717, 1.165) is 0 Å². The first kappa shape index (κ1) is 14.3. The van der Waals surface area contributed by atoms with Crippen LogP contribution in [0, 0.1) is 0 Å². The number of hydrogen-bond donors (Lipinski definition) is 1. The number of rotatable bonds is 5. The number of benzene rings is 1. The monoisotopic (exact) mass is 279 g/mol. The highest BCUT2D eigenvalue weighted by molar-refractivity contribution is 6.04. The summed E-state index contributed by atoms with van der Waals surface area (Å²) in [4.78, 5) is 24.4. The van der Waals surface area contributed by atoms with Crippen molar-refractivity contribution >= 4 is 17.6 Å². The van der Waals surface area contributed by atoms with E-state index in [-0.39, 0.29) is 18.3 Å². The van der Waals surface area contributed by atoms with Gasteiger partial charge in [-0.2, -0.15) is 0 Å². The van der Waals surface area contributed by atoms with Crippen LogP contribution in [-0.4, -0.2) is 43.3 Å². The van der Waals surface area contributed by atoms with Gasteiger partial charge in [-0.1, -0.05) is 0 Å². The summed E-state index contributed by atoms with van der Waals surface area (Å²) in [6.07, 6.45) is -0.522. The lowest BCUT2D eigenvalue weighted by Gasteiger charge is -2.44. The molecular formula is C14H17NO5. The quantitative estimate of drug-likeness (QED) is 0.635. The number of nitrogens with zero attached hydrogens (tertiary/aromatic N) is 1. The van der Waals surface area contributed by atoms with Crippen LogP contribution in [0.1, 0.15) is 12.8 Å². The van der Waals surface area contributed by atoms with Gasteiger partial charge in [0.25, 0.3) is 5.91 Å². The topological polar surface area (TPSA) is 76.1 Å². The molecule has 20 heavy (non-hydrogen) atoms. The van der Waals surface area contributed by atoms with Gasteiger partial charge in [-0.25, -0.2) is 0 Å². The molecule has 1 heterocycles. The van der Waals surface area contributed by atoms with Gasteiger partial charge in [-0.05, 0) is 30.7 Å². The van der Waals surface area contributed by atoms with Crippen LogP contribution in [0.15, 0.2) is 24.3 Å². The molecule has 0 aliphatic carbocycles. The summed E-state index contributed by atoms with van der Waals surface area (Å²) in [5.41, 5.74) is 0.677. The van der Waals surface area contributed by atoms with E-state index in [4.69, 9.17) is 4.74 Å². The Hall–Kier alpha value is -2.08. The summed E-state index contributed by atoms with van der Waals surface area (Å²) in [7, 11) is 2.87. The lowest BCUT2D eigenvalue weighted by Crippen LogP contribution is -2.65. The molecule has 0 bridgehead atoms. The molecule has 0 radical (unpaired) electrons. The second kappa shape index (κ2) is 5.92. The maximum absolute atomic E-state index is 11.8. The van der Waals surface area contributed by atoms with Crippen molar-refractivity contribution in [1.82, 2.24) is 0 Å². The third kappa shape index (κ3) is 2.60. The van der Waals surface area contributed by atoms with Gasteiger partial charge >= 0.3 is 5.97 Å². The average molecular weight is 279 g/mol. The van der Waals surface area contributed by atoms with Crippen molar-refractivity contribution in [2.75, 3.05) is 19.1 Å². The van der Waals surface area contributed by atoms with E-state index in [2.05, 4.69) is 4.74 Å². The molecule has 1 aliphatic heterocycles. The molecule has 1 aliphatic rings. The van der Waals surface area contributed by atoms with Crippen molar-refractivity contribution in [3.63, 3.8) is 0 Å². The predicted molar refractivity (Wildman–Crippen MR) is 71.5 cm³/mol. The molecule has 1 saturated heterocycles. The maximum atomic E-state index is 11.8. The first-order valence-electron chi connectivity index (χ1n) is 6.30. The minimum absolute atomic E-state index is 0.165. The summed E-state index contributed by atoms with van der Waals surface area (Å²) in [5, 5.41) is 9.73. The van der Waals surface area contributed by atoms with Crippen molar-refractivity contribution in [2.45, 2.75) is 25.0 Å². The summed E-state index contributed by atoms with van der Waals surface area (Å²) in [6.45, 7) is 0. The molecule has 1 aromatic rings. The fraction of sp³-hybridized carbons (Fsp3) is 0.429. The van der Waals surface area contributed by atoms with Gasteiger partial charge < -0.3 is 19.5 Å². The molecule has 108 valence electrons. The van der Waals surface area contributed by atoms with Crippen LogP contribution in [0.25, 0.3) is 0 Å². The molecule has 2 rings (SSSR count). The molecule has 6 nitrogen and oxygen atoms in total. The highest BCUT2D eigenvalue weighted by atomic mass is 16.5. The molecule has 2 atom stereocenters. The van der Waals surface area contributed by atoms with Crippen LogP contribution in [-0.2, 0) is 14.3 Å². The Morgan fingerprint density at radius 1 is 1.30 bits per heavy atom. The number of aliphatic hydroxyl groups excluding tert-OH is 1. The fourth-order valence-corrected chi connectivity index (χ4v) is 2.25. The van der Waals surface area contributed by atoms with Crippen molar-refractivity contribution in [3.05, 3.63) is 24.3 Å². The second-order valence-electron chi connectivity index (χ2n) is 4.53. The van der Waals surface area contributed by atoms with Gasteiger partial charge in [0.2, 0.25) is 0 Å². The molecule has 1 amide bonds. The van der Waals surface area contributed by atoms with Crippen molar-refractivity contribution < 1.29 is 24.2 Å². The smallest absolute Gasteiger partial charge is 0.305 e. The summed E-state index contributed by atoms with van der Waals surface area (Å²) in [5.74, 6) is -0.0235. The van der Waals surface area contributed by atoms with E-state index in [1.807, 2.05) is 0 Å². The number of carbonyl (C=O) groups is 2. The zero-order valence-corrected chi connectivity index (χ0v) is 11.4. The maximum Gasteiger partial charge on any atom is 0.305 e. The standard InChI is InChI=1S/C14H17NO5/c1-19-10-5-3-9(4-6-10)15-11(13(17)14(15)18)7-8-12(16)20-2/h3-6,11,13,17H,7-8H2,1-2H3/t11-,13+/m1/s1. The van der Waals surface area contributed by atoms with Crippen molar-refractivity contribution in [1.29, 1.82) is 0 Å². The Bertz CT molecular complexity index is 499. The number of anilines is 1. The molecule has 0 aromatic heterocycles. The van der Waals surface area contributed by atoms with Crippen LogP contribution >= 0.6 is 0 Å². The molecule has 1 N–H and O–H groups in total. The van der Waals surface area contributed by atoms with Gasteiger partial charge in [0.05, 0.1) is 20.3 Å². The van der Waals surface area contributed by atoms with E-state index < -0.39 is 12.1 Å². The highest BCUT2D eigenvalue weighted by Crippen LogP contribution is 2.32. The molecule has 1 fully saturated rings. The summed E-state index contributed by atoms with van der Waals surface area (Å²) < 4.78 is 9.62. The van der Waals surface area contributed by atoms with Gasteiger partial charge in [0.1, 0.15) is 5.75 Å². The first-order valence-corrected chi connectivity index (χ1v) is 6.30. The number of hydrogen-bond acceptors (Lipinski definition) is 5. The van der Waals surface area contributed by atoms with E-state index in [1.165, 1.54) is 12.0 Å². The van der Waals surface area contributed by atoms with E-state index >= 15 is 0 Å². The van der Waals surface area contributed by atoms with Gasteiger partial charge in [-0.15, -0.1) is 0 Å². The van der Waals surface area contributed by atoms with Crippen molar-refractivity contribution in [2.24, 2.45) is 0 Å². The van der Waals surface area contributed by atoms with E-state index in [1.54, 1.807) is 31.4 Å². The predicted octanol–water partition coefficient (Wildman–Crippen LogP) is 0.724. The van der Waals surface area contributed by atoms with Crippen LogP contribution in [0.2, 0.25) is 0 Å². The molecule has 0 saturated carbocycles. The number of aliphatic hydroxyl groups is 1. The molecular weight excluding hydrogens is 262 g/mol. The minimum atomic E-state index is -1.05. The molecule has 6 heteroatoms. The Labute approximate surface area is 116 Å². The minimum Gasteiger partial charge on any atom is -0.497 e. The lowest BCUT2D eigenvalue weighted by molar-refractivity contribution is -0.143. The third-order valence-corrected chi connectivity index (χ3v) is 3.41. The normalized spacial score (nSPS) is 21.4. The van der Waals surface area contributed by atoms with Gasteiger partial charge in [-0.3, -0.25) is 9.59 Å². The zero-order valence-electron chi connectivity index (χ0n) is 11.4. The van der Waals surface area contributed by atoms with Gasteiger partial charge in [0.15, 0.2) is 6.10 Å². The Morgan fingerprint density at radius 2 is 1.95 bits per heavy atom. The van der Waals surface area contributed by atoms with Crippen molar-refractivity contribution in [3.8, 4) is 5.75 Å². The van der Waals surface area contributed by atoms with Crippen LogP contribution in [0.5, 0.6) is 5.75 Å². The molecule has 1 aromatic carbocycles. The fourth-order valence-electron chi connectivity index (χ4n) is 2.25. The van der Waals surface area contributed by atoms with Crippen LogP contribution in [0.3, 0.4) is 0 Å². The number of esters is 1. The summed E-state index contributed by atoms with van der Waals surface area (Å²) >= 11 is 0. The van der Waals surface area contributed by atoms with Crippen LogP contribution in [0.4, 0.5) is 5.69 Å². The Morgan fingerprint density at radius 3 is 2.50 bits per heavy atom. The number of amides is 1. The largest absolute Gasteiger partial charge is 0.497 e. The Kier molecular flexibility index (Phi) is 4.24. The highest BCUT2D eigenvalue weighted by Gasteiger charge is 2.46. The Balaban J connectivity index is 2.07. The van der Waals surface area contributed by atoms with E-state index in [9.17, 15) is 14.7 Å². The SMILES string of the molecule is COC(=O)CC[C@@H]1[C@H](O)C(=O)N1c1ccc(OC)cc1. The van der Waals surface area contributed by atoms with E-state index in [0.29, 0.717) is 17.9 Å². The number of carbonyl (C=O) groups excluding carboxylic acids is 2. The van der Waals surface area contributed by atoms with Gasteiger partial charge in [0, 0.05) is 12.1 Å². The number of β-lactam (4-membered cyclic amide) rings is 1. The summed E-state index contributed by atoms with van der Waals surface area (Å²) in [6, 6.07) is 6.58. The number of methoxy groups -OCH3 is 2.